The standard InChI is InChI=1S/C8H10BrNO.C2H6/c1-11-8-3-2-7(9)4-6(8)5-10;1-2/h2-4H,5,10H2,1H3;1-2H3. The third-order valence-corrected chi connectivity index (χ3v) is 1.96. The maximum Gasteiger partial charge on any atom is 0.123 e. The average Bonchev–Trinajstić information content (AvgIpc) is 2.20. The summed E-state index contributed by atoms with van der Waals surface area (Å²) in [6, 6.07) is 5.78. The summed E-state index contributed by atoms with van der Waals surface area (Å²) in [7, 11) is 1.64. The summed E-state index contributed by atoms with van der Waals surface area (Å²) in [4.78, 5) is 0. The van der Waals surface area contributed by atoms with Gasteiger partial charge in [0.15, 0.2) is 0 Å². The highest BCUT2D eigenvalue weighted by Gasteiger charge is 1.99. The van der Waals surface area contributed by atoms with E-state index >= 15 is 0 Å². The van der Waals surface area contributed by atoms with E-state index in [1.54, 1.807) is 7.11 Å². The molecule has 0 unspecified atom stereocenters. The number of ether oxygens (including phenoxy) is 1. The topological polar surface area (TPSA) is 35.2 Å². The van der Waals surface area contributed by atoms with Crippen molar-refractivity contribution in [1.29, 1.82) is 0 Å². The van der Waals surface area contributed by atoms with Crippen LogP contribution >= 0.6 is 15.9 Å². The first kappa shape index (κ1) is 12.5. The lowest BCUT2D eigenvalue weighted by molar-refractivity contribution is 0.409. The minimum atomic E-state index is 0.503. The molecule has 0 saturated heterocycles. The quantitative estimate of drug-likeness (QED) is 0.870. The van der Waals surface area contributed by atoms with Crippen molar-refractivity contribution >= 4 is 15.9 Å². The molecule has 1 aromatic carbocycles. The van der Waals surface area contributed by atoms with E-state index in [4.69, 9.17) is 10.5 Å². The van der Waals surface area contributed by atoms with E-state index in [1.807, 2.05) is 32.0 Å². The fraction of sp³-hybridized carbons (Fsp3) is 0.400. The molecule has 0 aliphatic carbocycles. The number of nitrogens with two attached hydrogens (primary N) is 1. The molecule has 0 fully saturated rings. The Bertz CT molecular complexity index is 251. The summed E-state index contributed by atoms with van der Waals surface area (Å²) < 4.78 is 6.12. The van der Waals surface area contributed by atoms with Crippen molar-refractivity contribution in [2.75, 3.05) is 7.11 Å². The highest BCUT2D eigenvalue weighted by Crippen LogP contribution is 2.21. The van der Waals surface area contributed by atoms with Gasteiger partial charge in [-0.25, -0.2) is 0 Å². The van der Waals surface area contributed by atoms with Crippen LogP contribution in [-0.4, -0.2) is 7.11 Å². The van der Waals surface area contributed by atoms with Gasteiger partial charge in [-0.3, -0.25) is 0 Å². The lowest BCUT2D eigenvalue weighted by Crippen LogP contribution is -1.99. The number of hydrogen-bond donors (Lipinski definition) is 1. The molecule has 74 valence electrons. The molecule has 0 amide bonds. The molecule has 1 aromatic rings. The second kappa shape index (κ2) is 6.92. The Morgan fingerprint density at radius 1 is 1.38 bits per heavy atom. The lowest BCUT2D eigenvalue weighted by atomic mass is 10.2. The van der Waals surface area contributed by atoms with Crippen LogP contribution in [0.2, 0.25) is 0 Å². The van der Waals surface area contributed by atoms with Gasteiger partial charge in [0, 0.05) is 16.6 Å². The Morgan fingerprint density at radius 3 is 2.46 bits per heavy atom. The van der Waals surface area contributed by atoms with E-state index in [0.717, 1.165) is 15.8 Å². The summed E-state index contributed by atoms with van der Waals surface area (Å²) in [5.41, 5.74) is 6.51. The van der Waals surface area contributed by atoms with Crippen molar-refractivity contribution in [3.8, 4) is 5.75 Å². The van der Waals surface area contributed by atoms with Gasteiger partial charge in [-0.05, 0) is 18.2 Å². The molecule has 0 spiro atoms. The molecule has 0 aliphatic rings. The fourth-order valence-corrected chi connectivity index (χ4v) is 1.32. The number of halogens is 1. The zero-order valence-electron chi connectivity index (χ0n) is 8.30. The van der Waals surface area contributed by atoms with E-state index in [2.05, 4.69) is 15.9 Å². The van der Waals surface area contributed by atoms with Gasteiger partial charge in [-0.1, -0.05) is 29.8 Å². The minimum absolute atomic E-state index is 0.503. The van der Waals surface area contributed by atoms with Crippen molar-refractivity contribution in [1.82, 2.24) is 0 Å². The highest BCUT2D eigenvalue weighted by atomic mass is 79.9. The van der Waals surface area contributed by atoms with Crippen LogP contribution < -0.4 is 10.5 Å². The van der Waals surface area contributed by atoms with Crippen LogP contribution in [-0.2, 0) is 6.54 Å². The third-order valence-electron chi connectivity index (χ3n) is 1.46. The minimum Gasteiger partial charge on any atom is -0.496 e. The Morgan fingerprint density at radius 2 is 2.00 bits per heavy atom. The molecule has 2 nitrogen and oxygen atoms in total. The molecule has 0 radical (unpaired) electrons. The summed E-state index contributed by atoms with van der Waals surface area (Å²) in [5, 5.41) is 0. The second-order valence-corrected chi connectivity index (χ2v) is 3.08. The molecule has 1 rings (SSSR count). The van der Waals surface area contributed by atoms with Crippen molar-refractivity contribution in [3.05, 3.63) is 28.2 Å². The van der Waals surface area contributed by atoms with Gasteiger partial charge in [-0.2, -0.15) is 0 Å². The van der Waals surface area contributed by atoms with Crippen LogP contribution in [0.1, 0.15) is 19.4 Å². The molecular formula is C10H16BrNO. The zero-order chi connectivity index (χ0) is 10.3. The SMILES string of the molecule is CC.COc1ccc(Br)cc1CN. The summed E-state index contributed by atoms with van der Waals surface area (Å²) in [5.74, 6) is 0.843. The van der Waals surface area contributed by atoms with Crippen LogP contribution in [0.3, 0.4) is 0 Å². The van der Waals surface area contributed by atoms with Crippen molar-refractivity contribution in [3.63, 3.8) is 0 Å². The number of benzene rings is 1. The smallest absolute Gasteiger partial charge is 0.123 e. The summed E-state index contributed by atoms with van der Waals surface area (Å²) in [6.07, 6.45) is 0. The first-order chi connectivity index (χ1) is 6.27. The summed E-state index contributed by atoms with van der Waals surface area (Å²) in [6.45, 7) is 4.50. The molecule has 0 heterocycles. The Balaban J connectivity index is 0.000000671. The Labute approximate surface area is 88.2 Å². The van der Waals surface area contributed by atoms with Crippen LogP contribution in [0.15, 0.2) is 22.7 Å². The Kier molecular flexibility index (Phi) is 6.63. The van der Waals surface area contributed by atoms with E-state index < -0.39 is 0 Å². The van der Waals surface area contributed by atoms with Gasteiger partial charge in [0.25, 0.3) is 0 Å². The molecule has 0 aliphatic heterocycles. The van der Waals surface area contributed by atoms with Gasteiger partial charge in [0.2, 0.25) is 0 Å². The van der Waals surface area contributed by atoms with Gasteiger partial charge in [-0.15, -0.1) is 0 Å². The molecule has 0 saturated carbocycles. The van der Waals surface area contributed by atoms with Crippen LogP contribution in [0.4, 0.5) is 0 Å². The van der Waals surface area contributed by atoms with E-state index in [9.17, 15) is 0 Å². The lowest BCUT2D eigenvalue weighted by Gasteiger charge is -2.05. The average molecular weight is 246 g/mol. The monoisotopic (exact) mass is 245 g/mol. The van der Waals surface area contributed by atoms with E-state index in [-0.39, 0.29) is 0 Å². The van der Waals surface area contributed by atoms with E-state index in [1.165, 1.54) is 0 Å². The zero-order valence-corrected chi connectivity index (χ0v) is 9.89. The van der Waals surface area contributed by atoms with E-state index in [0.29, 0.717) is 6.54 Å². The Hall–Kier alpha value is -0.540. The predicted molar refractivity (Wildman–Crippen MR) is 59.9 cm³/mol. The molecule has 0 aromatic heterocycles. The van der Waals surface area contributed by atoms with Crippen molar-refractivity contribution < 1.29 is 4.74 Å². The normalized spacial score (nSPS) is 8.69. The molecule has 3 heteroatoms. The molecule has 13 heavy (non-hydrogen) atoms. The van der Waals surface area contributed by atoms with Crippen LogP contribution in [0.25, 0.3) is 0 Å². The van der Waals surface area contributed by atoms with Crippen molar-refractivity contribution in [2.45, 2.75) is 20.4 Å². The van der Waals surface area contributed by atoms with Gasteiger partial charge in [0.1, 0.15) is 5.75 Å². The van der Waals surface area contributed by atoms with Gasteiger partial charge >= 0.3 is 0 Å². The second-order valence-electron chi connectivity index (χ2n) is 2.16. The molecule has 2 N–H and O–H groups in total. The van der Waals surface area contributed by atoms with Gasteiger partial charge < -0.3 is 10.5 Å². The fourth-order valence-electron chi connectivity index (χ4n) is 0.907. The maximum absolute atomic E-state index is 5.49. The number of hydrogen-bond acceptors (Lipinski definition) is 2. The van der Waals surface area contributed by atoms with Crippen LogP contribution in [0.5, 0.6) is 5.75 Å². The molecule has 0 bridgehead atoms. The highest BCUT2D eigenvalue weighted by molar-refractivity contribution is 9.10. The predicted octanol–water partition coefficient (Wildman–Crippen LogP) is 2.94. The molecular weight excluding hydrogens is 230 g/mol. The maximum atomic E-state index is 5.49. The van der Waals surface area contributed by atoms with Crippen molar-refractivity contribution in [2.24, 2.45) is 5.73 Å². The molecule has 0 atom stereocenters. The first-order valence-electron chi connectivity index (χ1n) is 4.30. The third kappa shape index (κ3) is 3.79. The largest absolute Gasteiger partial charge is 0.496 e. The number of methoxy groups -OCH3 is 1. The van der Waals surface area contributed by atoms with Gasteiger partial charge in [0.05, 0.1) is 7.11 Å². The first-order valence-corrected chi connectivity index (χ1v) is 5.09. The number of rotatable bonds is 2. The van der Waals surface area contributed by atoms with Crippen LogP contribution in [0, 0.1) is 0 Å². The summed E-state index contributed by atoms with van der Waals surface area (Å²) >= 11 is 3.36.